The lowest BCUT2D eigenvalue weighted by molar-refractivity contribution is 0.326. The van der Waals surface area contributed by atoms with Gasteiger partial charge in [0.2, 0.25) is 0 Å². The maximum Gasteiger partial charge on any atom is 0.259 e. The fraction of sp³-hybridized carbons (Fsp3) is 0.100. The second kappa shape index (κ2) is 8.29. The number of aromatic nitrogens is 2. The zero-order valence-corrected chi connectivity index (χ0v) is 16.0. The van der Waals surface area contributed by atoms with Crippen molar-refractivity contribution < 1.29 is 9.47 Å². The number of aromatic amines is 1. The summed E-state index contributed by atoms with van der Waals surface area (Å²) in [6, 6.07) is 10.2. The molecule has 0 spiro atoms. The predicted octanol–water partition coefficient (Wildman–Crippen LogP) is 4.89. The Balaban J connectivity index is 1.99. The SMILES string of the molecule is C=CCOc1ccc(/C=C(\Cl)c2nc3cc(Cl)ccc3c(=O)[nH]2)cc1OC. The molecule has 1 N–H and O–H groups in total. The molecule has 0 unspecified atom stereocenters. The van der Waals surface area contributed by atoms with Gasteiger partial charge in [0.25, 0.3) is 5.56 Å². The number of nitrogens with one attached hydrogen (secondary N) is 1. The minimum atomic E-state index is -0.288. The fourth-order valence-electron chi connectivity index (χ4n) is 2.48. The van der Waals surface area contributed by atoms with Crippen molar-refractivity contribution in [2.45, 2.75) is 0 Å². The third-order valence-corrected chi connectivity index (χ3v) is 4.26. The first-order valence-electron chi connectivity index (χ1n) is 8.00. The van der Waals surface area contributed by atoms with Gasteiger partial charge in [-0.3, -0.25) is 4.79 Å². The summed E-state index contributed by atoms with van der Waals surface area (Å²) in [7, 11) is 1.55. The summed E-state index contributed by atoms with van der Waals surface area (Å²) in [5, 5.41) is 1.21. The van der Waals surface area contributed by atoms with Crippen LogP contribution in [0.3, 0.4) is 0 Å². The minimum absolute atomic E-state index is 0.252. The molecule has 2 aromatic carbocycles. The van der Waals surface area contributed by atoms with Crippen molar-refractivity contribution in [1.29, 1.82) is 0 Å². The number of rotatable bonds is 6. The summed E-state index contributed by atoms with van der Waals surface area (Å²) in [5.74, 6) is 1.40. The van der Waals surface area contributed by atoms with Gasteiger partial charge < -0.3 is 14.5 Å². The van der Waals surface area contributed by atoms with Gasteiger partial charge >= 0.3 is 0 Å². The molecule has 0 aliphatic rings. The molecule has 1 aromatic heterocycles. The average molecular weight is 403 g/mol. The molecule has 27 heavy (non-hydrogen) atoms. The van der Waals surface area contributed by atoms with E-state index in [0.29, 0.717) is 34.0 Å². The molecule has 0 amide bonds. The molecule has 0 fully saturated rings. The lowest BCUT2D eigenvalue weighted by atomic mass is 10.2. The molecule has 1 heterocycles. The summed E-state index contributed by atoms with van der Waals surface area (Å²) in [5.41, 5.74) is 0.944. The maximum absolute atomic E-state index is 12.2. The van der Waals surface area contributed by atoms with Crippen molar-refractivity contribution in [3.63, 3.8) is 0 Å². The van der Waals surface area contributed by atoms with E-state index in [0.717, 1.165) is 5.56 Å². The molecule has 5 nitrogen and oxygen atoms in total. The van der Waals surface area contributed by atoms with Crippen LogP contribution < -0.4 is 15.0 Å². The van der Waals surface area contributed by atoms with Crippen molar-refractivity contribution in [3.8, 4) is 11.5 Å². The van der Waals surface area contributed by atoms with E-state index >= 15 is 0 Å². The highest BCUT2D eigenvalue weighted by Crippen LogP contribution is 2.30. The Hall–Kier alpha value is -2.76. The summed E-state index contributed by atoms with van der Waals surface area (Å²) in [4.78, 5) is 19.3. The Kier molecular flexibility index (Phi) is 5.84. The normalized spacial score (nSPS) is 11.4. The van der Waals surface area contributed by atoms with E-state index in [1.807, 2.05) is 6.07 Å². The molecule has 3 aromatic rings. The van der Waals surface area contributed by atoms with Gasteiger partial charge in [-0.15, -0.1) is 0 Å². The molecule has 0 aliphatic heterocycles. The van der Waals surface area contributed by atoms with Gasteiger partial charge in [-0.25, -0.2) is 4.98 Å². The first kappa shape index (κ1) is 19.0. The van der Waals surface area contributed by atoms with Gasteiger partial charge in [0.15, 0.2) is 17.3 Å². The standard InChI is InChI=1S/C20H16Cl2N2O3/c1-3-8-27-17-7-4-12(10-18(17)26-2)9-15(22)19-23-16-11-13(21)5-6-14(16)20(25)24-19/h3-7,9-11H,1,8H2,2H3,(H,23,24,25)/b15-9-. The second-order valence-corrected chi connectivity index (χ2v) is 6.42. The fourth-order valence-corrected chi connectivity index (χ4v) is 2.86. The minimum Gasteiger partial charge on any atom is -0.493 e. The van der Waals surface area contributed by atoms with Crippen LogP contribution in [0.15, 0.2) is 53.8 Å². The molecule has 0 atom stereocenters. The Morgan fingerprint density at radius 1 is 1.26 bits per heavy atom. The zero-order valence-electron chi connectivity index (χ0n) is 14.5. The monoisotopic (exact) mass is 402 g/mol. The first-order valence-corrected chi connectivity index (χ1v) is 8.76. The second-order valence-electron chi connectivity index (χ2n) is 5.58. The third-order valence-electron chi connectivity index (χ3n) is 3.73. The molecule has 3 rings (SSSR count). The molecular weight excluding hydrogens is 387 g/mol. The number of fused-ring (bicyclic) bond motifs is 1. The lowest BCUT2D eigenvalue weighted by Gasteiger charge is -2.10. The van der Waals surface area contributed by atoms with E-state index in [1.54, 1.807) is 49.6 Å². The predicted molar refractivity (Wildman–Crippen MR) is 110 cm³/mol. The highest BCUT2D eigenvalue weighted by Gasteiger charge is 2.09. The van der Waals surface area contributed by atoms with E-state index in [9.17, 15) is 4.79 Å². The zero-order chi connectivity index (χ0) is 19.4. The summed E-state index contributed by atoms with van der Waals surface area (Å²) < 4.78 is 10.9. The summed E-state index contributed by atoms with van der Waals surface area (Å²) >= 11 is 12.4. The van der Waals surface area contributed by atoms with Crippen molar-refractivity contribution >= 4 is 45.2 Å². The molecule has 0 aliphatic carbocycles. The van der Waals surface area contributed by atoms with E-state index in [1.165, 1.54) is 0 Å². The molecule has 0 saturated heterocycles. The molecular formula is C20H16Cl2N2O3. The number of ether oxygens (including phenoxy) is 2. The van der Waals surface area contributed by atoms with Crippen molar-refractivity contribution in [2.24, 2.45) is 0 Å². The van der Waals surface area contributed by atoms with Gasteiger partial charge in [0.1, 0.15) is 6.61 Å². The Morgan fingerprint density at radius 3 is 2.81 bits per heavy atom. The van der Waals surface area contributed by atoms with Gasteiger partial charge in [0.05, 0.1) is 23.0 Å². The molecule has 0 radical (unpaired) electrons. The van der Waals surface area contributed by atoms with Crippen molar-refractivity contribution in [2.75, 3.05) is 13.7 Å². The Morgan fingerprint density at radius 2 is 2.07 bits per heavy atom. The van der Waals surface area contributed by atoms with Crippen LogP contribution in [-0.4, -0.2) is 23.7 Å². The number of nitrogens with zero attached hydrogens (tertiary/aromatic N) is 1. The quantitative estimate of drug-likeness (QED) is 0.596. The van der Waals surface area contributed by atoms with Gasteiger partial charge in [-0.2, -0.15) is 0 Å². The molecule has 7 heteroatoms. The molecule has 138 valence electrons. The van der Waals surface area contributed by atoms with Crippen LogP contribution in [0.25, 0.3) is 22.0 Å². The van der Waals surface area contributed by atoms with E-state index < -0.39 is 0 Å². The van der Waals surface area contributed by atoms with Crippen LogP contribution in [0.4, 0.5) is 0 Å². The van der Waals surface area contributed by atoms with Gasteiger partial charge in [-0.05, 0) is 42.0 Å². The molecule has 0 bridgehead atoms. The van der Waals surface area contributed by atoms with E-state index in [4.69, 9.17) is 32.7 Å². The van der Waals surface area contributed by atoms with E-state index in [-0.39, 0.29) is 16.4 Å². The summed E-state index contributed by atoms with van der Waals surface area (Å²) in [6.45, 7) is 3.99. The summed E-state index contributed by atoms with van der Waals surface area (Å²) in [6.07, 6.45) is 3.33. The maximum atomic E-state index is 12.2. The van der Waals surface area contributed by atoms with Crippen LogP contribution >= 0.6 is 23.2 Å². The lowest BCUT2D eigenvalue weighted by Crippen LogP contribution is -2.10. The molecule has 0 saturated carbocycles. The van der Waals surface area contributed by atoms with Crippen LogP contribution in [0.1, 0.15) is 11.4 Å². The van der Waals surface area contributed by atoms with Crippen LogP contribution in [0.2, 0.25) is 5.02 Å². The highest BCUT2D eigenvalue weighted by molar-refractivity contribution is 6.50. The third kappa shape index (κ3) is 4.32. The van der Waals surface area contributed by atoms with Crippen molar-refractivity contribution in [1.82, 2.24) is 9.97 Å². The van der Waals surface area contributed by atoms with Crippen LogP contribution in [-0.2, 0) is 0 Å². The number of benzene rings is 2. The van der Waals surface area contributed by atoms with Gasteiger partial charge in [-0.1, -0.05) is 41.9 Å². The highest BCUT2D eigenvalue weighted by atomic mass is 35.5. The largest absolute Gasteiger partial charge is 0.493 e. The Bertz CT molecular complexity index is 1090. The number of methoxy groups -OCH3 is 1. The van der Waals surface area contributed by atoms with Gasteiger partial charge in [0, 0.05) is 5.02 Å². The van der Waals surface area contributed by atoms with Crippen molar-refractivity contribution in [3.05, 3.63) is 75.8 Å². The average Bonchev–Trinajstić information content (AvgIpc) is 2.66. The number of hydrogen-bond acceptors (Lipinski definition) is 4. The Labute approximate surface area is 165 Å². The number of H-pyrrole nitrogens is 1. The first-order chi connectivity index (χ1) is 13.0. The smallest absolute Gasteiger partial charge is 0.259 e. The van der Waals surface area contributed by atoms with Crippen LogP contribution in [0, 0.1) is 0 Å². The number of halogens is 2. The topological polar surface area (TPSA) is 64.2 Å². The van der Waals surface area contributed by atoms with Crippen LogP contribution in [0.5, 0.6) is 11.5 Å². The van der Waals surface area contributed by atoms with E-state index in [2.05, 4.69) is 16.5 Å². The number of hydrogen-bond donors (Lipinski definition) is 1.